The molecule has 0 bridgehead atoms. The average molecular weight is 259 g/mol. The lowest BCUT2D eigenvalue weighted by Crippen LogP contribution is -2.63. The van der Waals surface area contributed by atoms with E-state index in [1.807, 2.05) is 18.2 Å². The first kappa shape index (κ1) is 13.7. The van der Waals surface area contributed by atoms with E-state index >= 15 is 0 Å². The fourth-order valence-electron chi connectivity index (χ4n) is 2.80. The number of hydrogen-bond acceptors (Lipinski definition) is 4. The van der Waals surface area contributed by atoms with E-state index in [9.17, 15) is 0 Å². The maximum atomic E-state index is 9.03. The number of nitrogens with one attached hydrogen (secondary N) is 1. The fourth-order valence-corrected chi connectivity index (χ4v) is 2.80. The Bertz CT molecular complexity index is 479. The van der Waals surface area contributed by atoms with E-state index in [1.165, 1.54) is 0 Å². The third kappa shape index (κ3) is 2.82. The van der Waals surface area contributed by atoms with Crippen LogP contribution in [0.2, 0.25) is 0 Å². The maximum Gasteiger partial charge on any atom is 0.120 e. The number of hydrogen-bond donors (Lipinski definition) is 1. The second kappa shape index (κ2) is 5.50. The molecule has 0 aromatic heterocycles. The standard InChI is InChI=1S/C15H21N3O/c1-15(2)11-17-10-13(7-8-16)18(15)12-5-4-6-14(9-12)19-3/h4-6,9,13,17H,7,10-11H2,1-3H3. The van der Waals surface area contributed by atoms with Crippen LogP contribution in [0.1, 0.15) is 20.3 Å². The van der Waals surface area contributed by atoms with E-state index in [4.69, 9.17) is 10.00 Å². The smallest absolute Gasteiger partial charge is 0.120 e. The second-order valence-electron chi connectivity index (χ2n) is 5.53. The molecule has 0 spiro atoms. The van der Waals surface area contributed by atoms with Crippen molar-refractivity contribution >= 4 is 5.69 Å². The molecule has 1 aromatic carbocycles. The zero-order chi connectivity index (χ0) is 13.9. The van der Waals surface area contributed by atoms with Crippen LogP contribution >= 0.6 is 0 Å². The van der Waals surface area contributed by atoms with Gasteiger partial charge < -0.3 is 15.0 Å². The first-order valence-corrected chi connectivity index (χ1v) is 6.59. The minimum Gasteiger partial charge on any atom is -0.497 e. The van der Waals surface area contributed by atoms with Gasteiger partial charge in [-0.05, 0) is 26.0 Å². The van der Waals surface area contributed by atoms with Gasteiger partial charge in [0.2, 0.25) is 0 Å². The van der Waals surface area contributed by atoms with Crippen molar-refractivity contribution < 1.29 is 4.74 Å². The molecule has 1 unspecified atom stereocenters. The predicted octanol–water partition coefficient (Wildman–Crippen LogP) is 2.17. The Hall–Kier alpha value is -1.73. The highest BCUT2D eigenvalue weighted by Crippen LogP contribution is 2.31. The third-order valence-corrected chi connectivity index (χ3v) is 3.61. The highest BCUT2D eigenvalue weighted by Gasteiger charge is 2.36. The van der Waals surface area contributed by atoms with Crippen molar-refractivity contribution in [1.29, 1.82) is 5.26 Å². The van der Waals surface area contributed by atoms with Gasteiger partial charge in [-0.2, -0.15) is 5.26 Å². The first-order chi connectivity index (χ1) is 9.08. The molecule has 1 heterocycles. The van der Waals surface area contributed by atoms with Gasteiger partial charge in [0, 0.05) is 30.4 Å². The van der Waals surface area contributed by atoms with Crippen LogP contribution in [0.25, 0.3) is 0 Å². The predicted molar refractivity (Wildman–Crippen MR) is 76.4 cm³/mol. The molecular formula is C15H21N3O. The van der Waals surface area contributed by atoms with Gasteiger partial charge in [-0.1, -0.05) is 6.07 Å². The van der Waals surface area contributed by atoms with E-state index < -0.39 is 0 Å². The molecular weight excluding hydrogens is 238 g/mol. The van der Waals surface area contributed by atoms with Crippen LogP contribution in [0.15, 0.2) is 24.3 Å². The molecule has 1 fully saturated rings. The van der Waals surface area contributed by atoms with Gasteiger partial charge in [0.15, 0.2) is 0 Å². The Balaban J connectivity index is 2.37. The lowest BCUT2D eigenvalue weighted by molar-refractivity contribution is 0.324. The number of ether oxygens (including phenoxy) is 1. The topological polar surface area (TPSA) is 48.3 Å². The van der Waals surface area contributed by atoms with E-state index in [0.717, 1.165) is 24.5 Å². The normalized spacial score (nSPS) is 21.8. The van der Waals surface area contributed by atoms with Crippen molar-refractivity contribution in [3.8, 4) is 11.8 Å². The van der Waals surface area contributed by atoms with Gasteiger partial charge in [-0.3, -0.25) is 0 Å². The number of anilines is 1. The largest absolute Gasteiger partial charge is 0.497 e. The molecule has 1 N–H and O–H groups in total. The summed E-state index contributed by atoms with van der Waals surface area (Å²) in [6.45, 7) is 6.15. The lowest BCUT2D eigenvalue weighted by Gasteiger charge is -2.49. The fraction of sp³-hybridized carbons (Fsp3) is 0.533. The van der Waals surface area contributed by atoms with E-state index in [2.05, 4.69) is 36.2 Å². The summed E-state index contributed by atoms with van der Waals surface area (Å²) in [7, 11) is 1.68. The summed E-state index contributed by atoms with van der Waals surface area (Å²) in [5.74, 6) is 0.850. The molecule has 4 nitrogen and oxygen atoms in total. The highest BCUT2D eigenvalue weighted by atomic mass is 16.5. The second-order valence-corrected chi connectivity index (χ2v) is 5.53. The molecule has 1 aromatic rings. The number of methoxy groups -OCH3 is 1. The number of nitriles is 1. The number of nitrogens with zero attached hydrogens (tertiary/aromatic N) is 2. The molecule has 0 radical (unpaired) electrons. The third-order valence-electron chi connectivity index (χ3n) is 3.61. The van der Waals surface area contributed by atoms with Crippen molar-refractivity contribution in [3.63, 3.8) is 0 Å². The van der Waals surface area contributed by atoms with Gasteiger partial charge in [-0.15, -0.1) is 0 Å². The Morgan fingerprint density at radius 1 is 1.53 bits per heavy atom. The molecule has 2 rings (SSSR count). The average Bonchev–Trinajstić information content (AvgIpc) is 2.38. The van der Waals surface area contributed by atoms with Crippen LogP contribution < -0.4 is 15.0 Å². The molecule has 102 valence electrons. The van der Waals surface area contributed by atoms with Crippen LogP contribution in [-0.4, -0.2) is 31.8 Å². The summed E-state index contributed by atoms with van der Waals surface area (Å²) in [5.41, 5.74) is 1.10. The van der Waals surface area contributed by atoms with Crippen molar-refractivity contribution in [1.82, 2.24) is 5.32 Å². The Morgan fingerprint density at radius 3 is 3.00 bits per heavy atom. The van der Waals surface area contributed by atoms with E-state index in [-0.39, 0.29) is 11.6 Å². The van der Waals surface area contributed by atoms with Gasteiger partial charge in [0.25, 0.3) is 0 Å². The molecule has 0 amide bonds. The quantitative estimate of drug-likeness (QED) is 0.903. The Labute approximate surface area is 115 Å². The van der Waals surface area contributed by atoms with Crippen LogP contribution in [0.5, 0.6) is 5.75 Å². The van der Waals surface area contributed by atoms with Gasteiger partial charge >= 0.3 is 0 Å². The maximum absolute atomic E-state index is 9.03. The summed E-state index contributed by atoms with van der Waals surface area (Å²) < 4.78 is 5.30. The zero-order valence-corrected chi connectivity index (χ0v) is 11.8. The molecule has 1 atom stereocenters. The van der Waals surface area contributed by atoms with Crippen LogP contribution in [-0.2, 0) is 0 Å². The minimum absolute atomic E-state index is 0.0217. The van der Waals surface area contributed by atoms with Crippen molar-refractivity contribution in [2.24, 2.45) is 0 Å². The Morgan fingerprint density at radius 2 is 2.32 bits per heavy atom. The molecule has 0 saturated carbocycles. The molecule has 1 aliphatic heterocycles. The monoisotopic (exact) mass is 259 g/mol. The summed E-state index contributed by atoms with van der Waals surface area (Å²) >= 11 is 0. The summed E-state index contributed by atoms with van der Waals surface area (Å²) in [4.78, 5) is 2.34. The highest BCUT2D eigenvalue weighted by molar-refractivity contribution is 5.54. The summed E-state index contributed by atoms with van der Waals surface area (Å²) in [6.07, 6.45) is 0.521. The molecule has 0 aliphatic carbocycles. The number of rotatable bonds is 3. The minimum atomic E-state index is -0.0217. The van der Waals surface area contributed by atoms with E-state index in [0.29, 0.717) is 6.42 Å². The van der Waals surface area contributed by atoms with Gasteiger partial charge in [0.1, 0.15) is 5.75 Å². The zero-order valence-electron chi connectivity index (χ0n) is 11.8. The Kier molecular flexibility index (Phi) is 3.96. The first-order valence-electron chi connectivity index (χ1n) is 6.59. The van der Waals surface area contributed by atoms with Crippen molar-refractivity contribution in [2.75, 3.05) is 25.1 Å². The molecule has 4 heteroatoms. The van der Waals surface area contributed by atoms with Crippen molar-refractivity contribution in [3.05, 3.63) is 24.3 Å². The summed E-state index contributed by atoms with van der Waals surface area (Å²) in [6, 6.07) is 10.5. The van der Waals surface area contributed by atoms with Gasteiger partial charge in [0.05, 0.1) is 25.6 Å². The molecule has 1 aliphatic rings. The molecule has 19 heavy (non-hydrogen) atoms. The van der Waals surface area contributed by atoms with Crippen LogP contribution in [0.4, 0.5) is 5.69 Å². The summed E-state index contributed by atoms with van der Waals surface area (Å²) in [5, 5.41) is 12.4. The van der Waals surface area contributed by atoms with E-state index in [1.54, 1.807) is 7.11 Å². The molecule has 1 saturated heterocycles. The van der Waals surface area contributed by atoms with Crippen LogP contribution in [0.3, 0.4) is 0 Å². The number of piperazine rings is 1. The number of benzene rings is 1. The lowest BCUT2D eigenvalue weighted by atomic mass is 9.94. The SMILES string of the molecule is COc1cccc(N2C(CC#N)CNCC2(C)C)c1. The van der Waals surface area contributed by atoms with Gasteiger partial charge in [-0.25, -0.2) is 0 Å². The van der Waals surface area contributed by atoms with Crippen LogP contribution in [0, 0.1) is 11.3 Å². The van der Waals surface area contributed by atoms with Crippen molar-refractivity contribution in [2.45, 2.75) is 31.8 Å².